The predicted molar refractivity (Wildman–Crippen MR) is 59.2 cm³/mol. The molecule has 0 N–H and O–H groups in total. The standard InChI is InChI=1S/C10H7BrClN/c1-6-2-3-13-10-8(6)4-7(11)5-9(10)12/h2-5H,1H3. The van der Waals surface area contributed by atoms with Gasteiger partial charge in [0.2, 0.25) is 0 Å². The van der Waals surface area contributed by atoms with Crippen LogP contribution in [0.25, 0.3) is 10.9 Å². The summed E-state index contributed by atoms with van der Waals surface area (Å²) < 4.78 is 0.987. The van der Waals surface area contributed by atoms with E-state index in [9.17, 15) is 0 Å². The highest BCUT2D eigenvalue weighted by Crippen LogP contribution is 2.27. The van der Waals surface area contributed by atoms with Crippen molar-refractivity contribution in [3.63, 3.8) is 0 Å². The van der Waals surface area contributed by atoms with Crippen LogP contribution in [-0.2, 0) is 0 Å². The number of aryl methyl sites for hydroxylation is 1. The summed E-state index contributed by atoms with van der Waals surface area (Å²) in [4.78, 5) is 4.23. The number of rotatable bonds is 0. The third kappa shape index (κ3) is 1.56. The number of hydrogen-bond donors (Lipinski definition) is 0. The normalized spacial score (nSPS) is 10.7. The molecule has 0 fully saturated rings. The molecule has 1 heterocycles. The summed E-state index contributed by atoms with van der Waals surface area (Å²) in [5.74, 6) is 0. The molecule has 66 valence electrons. The number of nitrogens with zero attached hydrogens (tertiary/aromatic N) is 1. The first-order chi connectivity index (χ1) is 6.18. The quantitative estimate of drug-likeness (QED) is 0.695. The van der Waals surface area contributed by atoms with Crippen LogP contribution >= 0.6 is 27.5 Å². The van der Waals surface area contributed by atoms with Crippen molar-refractivity contribution >= 4 is 38.4 Å². The minimum absolute atomic E-state index is 0.688. The molecule has 2 rings (SSSR count). The minimum atomic E-state index is 0.688. The summed E-state index contributed by atoms with van der Waals surface area (Å²) in [5, 5.41) is 1.79. The molecule has 0 saturated carbocycles. The second-order valence-corrected chi connectivity index (χ2v) is 4.23. The molecule has 0 saturated heterocycles. The van der Waals surface area contributed by atoms with E-state index >= 15 is 0 Å². The van der Waals surface area contributed by atoms with Gasteiger partial charge in [-0.15, -0.1) is 0 Å². The second kappa shape index (κ2) is 3.28. The number of fused-ring (bicyclic) bond motifs is 1. The Labute approximate surface area is 89.9 Å². The van der Waals surface area contributed by atoms with E-state index in [0.717, 1.165) is 15.4 Å². The summed E-state index contributed by atoms with van der Waals surface area (Å²) in [6.45, 7) is 2.05. The molecule has 1 aromatic carbocycles. The molecule has 1 aromatic heterocycles. The molecule has 0 aliphatic rings. The summed E-state index contributed by atoms with van der Waals surface area (Å²) in [5.41, 5.74) is 2.05. The molecule has 0 aliphatic carbocycles. The maximum atomic E-state index is 6.04. The van der Waals surface area contributed by atoms with E-state index in [-0.39, 0.29) is 0 Å². The molecule has 2 aromatic rings. The van der Waals surface area contributed by atoms with E-state index < -0.39 is 0 Å². The smallest absolute Gasteiger partial charge is 0.0891 e. The van der Waals surface area contributed by atoms with Crippen LogP contribution in [0.2, 0.25) is 5.02 Å². The fraction of sp³-hybridized carbons (Fsp3) is 0.100. The molecule has 0 aliphatic heterocycles. The first-order valence-electron chi connectivity index (χ1n) is 3.89. The van der Waals surface area contributed by atoms with Gasteiger partial charge in [0.05, 0.1) is 10.5 Å². The van der Waals surface area contributed by atoms with Crippen LogP contribution in [-0.4, -0.2) is 4.98 Å². The Morgan fingerprint density at radius 2 is 2.15 bits per heavy atom. The van der Waals surface area contributed by atoms with Crippen LogP contribution in [0.1, 0.15) is 5.56 Å². The van der Waals surface area contributed by atoms with Crippen molar-refractivity contribution in [2.75, 3.05) is 0 Å². The van der Waals surface area contributed by atoms with Gasteiger partial charge in [0.15, 0.2) is 0 Å². The molecule has 0 spiro atoms. The maximum Gasteiger partial charge on any atom is 0.0891 e. The van der Waals surface area contributed by atoms with E-state index in [2.05, 4.69) is 20.9 Å². The zero-order valence-corrected chi connectivity index (χ0v) is 9.35. The molecule has 0 bridgehead atoms. The zero-order chi connectivity index (χ0) is 9.42. The first-order valence-corrected chi connectivity index (χ1v) is 5.06. The lowest BCUT2D eigenvalue weighted by Gasteiger charge is -2.03. The highest BCUT2D eigenvalue weighted by molar-refractivity contribution is 9.10. The Hall–Kier alpha value is -0.600. The molecule has 0 amide bonds. The molecule has 0 atom stereocenters. The lowest BCUT2D eigenvalue weighted by Crippen LogP contribution is -1.83. The van der Waals surface area contributed by atoms with Gasteiger partial charge < -0.3 is 0 Å². The third-order valence-electron chi connectivity index (χ3n) is 1.98. The van der Waals surface area contributed by atoms with Gasteiger partial charge in [-0.1, -0.05) is 27.5 Å². The highest BCUT2D eigenvalue weighted by atomic mass is 79.9. The van der Waals surface area contributed by atoms with Crippen LogP contribution in [0.15, 0.2) is 28.9 Å². The largest absolute Gasteiger partial charge is 0.255 e. The molecule has 0 radical (unpaired) electrons. The van der Waals surface area contributed by atoms with Gasteiger partial charge >= 0.3 is 0 Å². The van der Waals surface area contributed by atoms with Gasteiger partial charge in [0.1, 0.15) is 0 Å². The van der Waals surface area contributed by atoms with Crippen molar-refractivity contribution in [2.24, 2.45) is 0 Å². The summed E-state index contributed by atoms with van der Waals surface area (Å²) >= 11 is 9.45. The molecular formula is C10H7BrClN. The molecule has 1 nitrogen and oxygen atoms in total. The first kappa shape index (κ1) is 8.97. The zero-order valence-electron chi connectivity index (χ0n) is 7.01. The van der Waals surface area contributed by atoms with Crippen LogP contribution in [0.4, 0.5) is 0 Å². The van der Waals surface area contributed by atoms with E-state index in [0.29, 0.717) is 5.02 Å². The number of halogens is 2. The summed E-state index contributed by atoms with van der Waals surface area (Å²) in [6, 6.07) is 5.87. The van der Waals surface area contributed by atoms with Gasteiger partial charge in [-0.25, -0.2) is 0 Å². The molecule has 13 heavy (non-hydrogen) atoms. The van der Waals surface area contributed by atoms with Crippen molar-refractivity contribution in [3.05, 3.63) is 39.5 Å². The SMILES string of the molecule is Cc1ccnc2c(Cl)cc(Br)cc12. The monoisotopic (exact) mass is 255 g/mol. The Bertz CT molecular complexity index is 468. The van der Waals surface area contributed by atoms with Gasteiger partial charge in [0, 0.05) is 16.1 Å². The van der Waals surface area contributed by atoms with Gasteiger partial charge in [-0.05, 0) is 30.7 Å². The van der Waals surface area contributed by atoms with E-state index in [1.807, 2.05) is 25.1 Å². The van der Waals surface area contributed by atoms with E-state index in [1.54, 1.807) is 6.20 Å². The van der Waals surface area contributed by atoms with Gasteiger partial charge in [-0.2, -0.15) is 0 Å². The predicted octanol–water partition coefficient (Wildman–Crippen LogP) is 3.96. The molecule has 3 heteroatoms. The maximum absolute atomic E-state index is 6.04. The average molecular weight is 257 g/mol. The summed E-state index contributed by atoms with van der Waals surface area (Å²) in [7, 11) is 0. The second-order valence-electron chi connectivity index (χ2n) is 2.91. The van der Waals surface area contributed by atoms with Crippen LogP contribution in [0, 0.1) is 6.92 Å². The van der Waals surface area contributed by atoms with Crippen molar-refractivity contribution in [2.45, 2.75) is 6.92 Å². The van der Waals surface area contributed by atoms with Crippen LogP contribution < -0.4 is 0 Å². The fourth-order valence-electron chi connectivity index (χ4n) is 1.31. The summed E-state index contributed by atoms with van der Waals surface area (Å²) in [6.07, 6.45) is 1.78. The highest BCUT2D eigenvalue weighted by Gasteiger charge is 2.03. The fourth-order valence-corrected chi connectivity index (χ4v) is 2.17. The molecular weight excluding hydrogens is 249 g/mol. The van der Waals surface area contributed by atoms with E-state index in [4.69, 9.17) is 11.6 Å². The Morgan fingerprint density at radius 3 is 2.92 bits per heavy atom. The number of aromatic nitrogens is 1. The number of hydrogen-bond acceptors (Lipinski definition) is 1. The van der Waals surface area contributed by atoms with Crippen LogP contribution in [0.5, 0.6) is 0 Å². The lowest BCUT2D eigenvalue weighted by atomic mass is 10.1. The van der Waals surface area contributed by atoms with Crippen molar-refractivity contribution in [3.8, 4) is 0 Å². The average Bonchev–Trinajstić information content (AvgIpc) is 2.07. The van der Waals surface area contributed by atoms with E-state index in [1.165, 1.54) is 5.56 Å². The number of pyridine rings is 1. The number of benzene rings is 1. The Kier molecular flexibility index (Phi) is 2.26. The molecule has 0 unspecified atom stereocenters. The van der Waals surface area contributed by atoms with Crippen LogP contribution in [0.3, 0.4) is 0 Å². The van der Waals surface area contributed by atoms with Gasteiger partial charge in [0.25, 0.3) is 0 Å². The Balaban J connectivity index is 2.94. The van der Waals surface area contributed by atoms with Gasteiger partial charge in [-0.3, -0.25) is 4.98 Å². The van der Waals surface area contributed by atoms with Crippen molar-refractivity contribution < 1.29 is 0 Å². The topological polar surface area (TPSA) is 12.9 Å². The van der Waals surface area contributed by atoms with Crippen molar-refractivity contribution in [1.29, 1.82) is 0 Å². The van der Waals surface area contributed by atoms with Crippen molar-refractivity contribution in [1.82, 2.24) is 4.98 Å². The Morgan fingerprint density at radius 1 is 1.38 bits per heavy atom. The third-order valence-corrected chi connectivity index (χ3v) is 2.73. The lowest BCUT2D eigenvalue weighted by molar-refractivity contribution is 1.37. The minimum Gasteiger partial charge on any atom is -0.255 e.